The van der Waals surface area contributed by atoms with E-state index in [1.54, 1.807) is 0 Å². The van der Waals surface area contributed by atoms with Crippen molar-refractivity contribution in [3.05, 3.63) is 59.2 Å². The van der Waals surface area contributed by atoms with Gasteiger partial charge in [-0.05, 0) is 36.2 Å². The number of aromatic nitrogens is 1. The van der Waals surface area contributed by atoms with Crippen LogP contribution >= 0.6 is 0 Å². The van der Waals surface area contributed by atoms with E-state index in [0.29, 0.717) is 11.9 Å². The SMILES string of the molecule is CC(=O)OC[C@H]1O[C@@](C#N)(c2ccc(C(=NC=N)NC(=O)[C@@H](N)Cc3ccc(F)cc3)[nH]2)[C@H](O)[C@@H]1O. The summed E-state index contributed by atoms with van der Waals surface area (Å²) in [6, 6.07) is 9.13. The monoisotopic (exact) mass is 500 g/mol. The third-order valence-electron chi connectivity index (χ3n) is 5.56. The first kappa shape index (κ1) is 26.6. The summed E-state index contributed by atoms with van der Waals surface area (Å²) in [6.07, 6.45) is -3.61. The zero-order valence-electron chi connectivity index (χ0n) is 19.1. The third kappa shape index (κ3) is 5.64. The summed E-state index contributed by atoms with van der Waals surface area (Å²) in [5.41, 5.74) is 4.74. The summed E-state index contributed by atoms with van der Waals surface area (Å²) >= 11 is 0. The Morgan fingerprint density at radius 2 is 2.08 bits per heavy atom. The van der Waals surface area contributed by atoms with Crippen LogP contribution in [0.1, 0.15) is 23.9 Å². The fourth-order valence-electron chi connectivity index (χ4n) is 3.69. The van der Waals surface area contributed by atoms with Crippen molar-refractivity contribution in [1.29, 1.82) is 10.7 Å². The fraction of sp³-hybridized carbons (Fsp3) is 0.348. The minimum absolute atomic E-state index is 0.0272. The minimum Gasteiger partial charge on any atom is -0.463 e. The second-order valence-electron chi connectivity index (χ2n) is 8.06. The van der Waals surface area contributed by atoms with Crippen molar-refractivity contribution >= 4 is 24.1 Å². The Labute approximate surface area is 205 Å². The van der Waals surface area contributed by atoms with Crippen LogP contribution in [0.5, 0.6) is 0 Å². The molecule has 0 spiro atoms. The highest BCUT2D eigenvalue weighted by Gasteiger charge is 2.57. The number of aliphatic imine (C=N–C) groups is 1. The maximum Gasteiger partial charge on any atom is 0.302 e. The molecule has 36 heavy (non-hydrogen) atoms. The van der Waals surface area contributed by atoms with Crippen molar-refractivity contribution in [2.24, 2.45) is 10.7 Å². The van der Waals surface area contributed by atoms with Gasteiger partial charge in [-0.25, -0.2) is 9.38 Å². The van der Waals surface area contributed by atoms with Crippen LogP contribution in [0.4, 0.5) is 4.39 Å². The zero-order valence-corrected chi connectivity index (χ0v) is 19.1. The number of benzene rings is 1. The first-order valence-electron chi connectivity index (χ1n) is 10.8. The van der Waals surface area contributed by atoms with Crippen molar-refractivity contribution in [3.8, 4) is 6.07 Å². The summed E-state index contributed by atoms with van der Waals surface area (Å²) < 4.78 is 23.6. The molecular weight excluding hydrogens is 475 g/mol. The van der Waals surface area contributed by atoms with Crippen LogP contribution in [0.15, 0.2) is 41.4 Å². The zero-order chi connectivity index (χ0) is 26.5. The normalized spacial score (nSPS) is 24.6. The van der Waals surface area contributed by atoms with Gasteiger partial charge in [-0.2, -0.15) is 5.26 Å². The lowest BCUT2D eigenvalue weighted by Crippen LogP contribution is -2.45. The molecule has 0 radical (unpaired) electrons. The smallest absolute Gasteiger partial charge is 0.302 e. The lowest BCUT2D eigenvalue weighted by Gasteiger charge is -2.23. The van der Waals surface area contributed by atoms with Gasteiger partial charge in [0.05, 0.1) is 17.4 Å². The number of hydrogen-bond donors (Lipinski definition) is 6. The molecule has 1 saturated heterocycles. The van der Waals surface area contributed by atoms with E-state index >= 15 is 0 Å². The van der Waals surface area contributed by atoms with Crippen LogP contribution in [0.3, 0.4) is 0 Å². The summed E-state index contributed by atoms with van der Waals surface area (Å²) in [6.45, 7) is 0.781. The average Bonchev–Trinajstić information content (AvgIpc) is 3.43. The first-order chi connectivity index (χ1) is 17.1. The molecule has 12 nitrogen and oxygen atoms in total. The van der Waals surface area contributed by atoms with E-state index in [9.17, 15) is 29.5 Å². The second kappa shape index (κ2) is 11.2. The number of aliphatic hydroxyl groups excluding tert-OH is 2. The number of rotatable bonds is 8. The average molecular weight is 500 g/mol. The Morgan fingerprint density at radius 1 is 1.39 bits per heavy atom. The molecule has 0 bridgehead atoms. The van der Waals surface area contributed by atoms with Crippen molar-refractivity contribution < 1.29 is 33.7 Å². The van der Waals surface area contributed by atoms with Gasteiger partial charge < -0.3 is 35.7 Å². The number of carbonyl (C=O) groups is 2. The lowest BCUT2D eigenvalue weighted by atomic mass is 9.93. The molecule has 1 aromatic carbocycles. The van der Waals surface area contributed by atoms with E-state index in [1.165, 1.54) is 36.4 Å². The van der Waals surface area contributed by atoms with Gasteiger partial charge in [0.2, 0.25) is 11.5 Å². The van der Waals surface area contributed by atoms with Crippen LogP contribution in [0.25, 0.3) is 0 Å². The number of H-pyrrole nitrogens is 1. The topological polar surface area (TPSA) is 207 Å². The third-order valence-corrected chi connectivity index (χ3v) is 5.56. The van der Waals surface area contributed by atoms with Gasteiger partial charge in [0, 0.05) is 6.92 Å². The van der Waals surface area contributed by atoms with Crippen LogP contribution in [0, 0.1) is 22.6 Å². The van der Waals surface area contributed by atoms with Gasteiger partial charge in [0.25, 0.3) is 0 Å². The van der Waals surface area contributed by atoms with Crippen LogP contribution in [-0.4, -0.2) is 70.2 Å². The standard InChI is InChI=1S/C23H25FN6O6/c1-12(31)35-9-17-19(32)20(33)23(10-25,36-17)18-7-6-16(29-18)21(28-11-26)30-22(34)15(27)8-13-2-4-14(24)5-3-13/h2-7,11,15,17,19-20,29,32-33H,8-9,27H2,1H3,(H2,26,28,30,34)/t15-,17+,19+,20+,23-/m0/s1. The number of nitrogens with two attached hydrogens (primary N) is 1. The molecule has 0 unspecified atom stereocenters. The molecule has 5 atom stereocenters. The van der Waals surface area contributed by atoms with E-state index in [2.05, 4.69) is 15.3 Å². The van der Waals surface area contributed by atoms with E-state index in [1.807, 2.05) is 6.07 Å². The van der Waals surface area contributed by atoms with Gasteiger partial charge in [-0.3, -0.25) is 15.0 Å². The predicted octanol–water partition coefficient (Wildman–Crippen LogP) is -0.404. The molecule has 2 heterocycles. The Morgan fingerprint density at radius 3 is 2.69 bits per heavy atom. The number of amides is 1. The molecule has 1 aromatic heterocycles. The number of amidine groups is 1. The number of nitriles is 1. The van der Waals surface area contributed by atoms with Gasteiger partial charge in [0.15, 0.2) is 5.84 Å². The van der Waals surface area contributed by atoms with Gasteiger partial charge in [-0.15, -0.1) is 0 Å². The summed E-state index contributed by atoms with van der Waals surface area (Å²) in [5, 5.41) is 40.6. The summed E-state index contributed by atoms with van der Waals surface area (Å²) in [5.74, 6) is -1.79. The highest BCUT2D eigenvalue weighted by Crippen LogP contribution is 2.39. The number of carbonyl (C=O) groups excluding carboxylic acids is 2. The molecule has 3 rings (SSSR count). The number of aromatic amines is 1. The number of hydrogen-bond acceptors (Lipinski definition) is 9. The van der Waals surface area contributed by atoms with Gasteiger partial charge >= 0.3 is 5.97 Å². The molecule has 190 valence electrons. The quantitative estimate of drug-likeness (QED) is 0.159. The lowest BCUT2D eigenvalue weighted by molar-refractivity contribution is -0.148. The Balaban J connectivity index is 1.78. The molecule has 1 aliphatic heterocycles. The molecular formula is C23H25FN6O6. The molecule has 7 N–H and O–H groups in total. The van der Waals surface area contributed by atoms with Gasteiger partial charge in [0.1, 0.15) is 43.1 Å². The number of ether oxygens (including phenoxy) is 2. The van der Waals surface area contributed by atoms with Crippen molar-refractivity contribution in [1.82, 2.24) is 10.3 Å². The highest BCUT2D eigenvalue weighted by molar-refractivity contribution is 6.10. The molecule has 1 amide bonds. The summed E-state index contributed by atoms with van der Waals surface area (Å²) in [7, 11) is 0. The number of aliphatic hydroxyl groups is 2. The number of esters is 1. The second-order valence-corrected chi connectivity index (χ2v) is 8.06. The Kier molecular flexibility index (Phi) is 8.28. The van der Waals surface area contributed by atoms with E-state index in [-0.39, 0.29) is 30.3 Å². The van der Waals surface area contributed by atoms with Crippen LogP contribution in [-0.2, 0) is 31.1 Å². The Bertz CT molecular complexity index is 1190. The number of halogens is 1. The number of nitrogens with one attached hydrogen (secondary N) is 3. The maximum atomic E-state index is 13.1. The molecule has 1 aliphatic rings. The molecule has 0 saturated carbocycles. The van der Waals surface area contributed by atoms with E-state index < -0.39 is 47.6 Å². The number of nitrogens with zero attached hydrogens (tertiary/aromatic N) is 2. The van der Waals surface area contributed by atoms with Crippen LogP contribution < -0.4 is 11.1 Å². The minimum atomic E-state index is -2.04. The van der Waals surface area contributed by atoms with Crippen molar-refractivity contribution in [2.75, 3.05) is 6.61 Å². The van der Waals surface area contributed by atoms with Crippen LogP contribution in [0.2, 0.25) is 0 Å². The van der Waals surface area contributed by atoms with E-state index in [0.717, 1.165) is 6.92 Å². The van der Waals surface area contributed by atoms with Gasteiger partial charge in [-0.1, -0.05) is 12.1 Å². The van der Waals surface area contributed by atoms with Crippen molar-refractivity contribution in [2.45, 2.75) is 43.3 Å². The fourth-order valence-corrected chi connectivity index (χ4v) is 3.69. The molecule has 13 heteroatoms. The highest BCUT2D eigenvalue weighted by atomic mass is 19.1. The molecule has 1 fully saturated rings. The Hall–Kier alpha value is -3.96. The molecule has 2 aromatic rings. The summed E-state index contributed by atoms with van der Waals surface area (Å²) in [4.78, 5) is 30.4. The predicted molar refractivity (Wildman–Crippen MR) is 123 cm³/mol. The largest absolute Gasteiger partial charge is 0.463 e. The molecule has 0 aliphatic carbocycles. The van der Waals surface area contributed by atoms with Crippen molar-refractivity contribution in [3.63, 3.8) is 0 Å². The maximum absolute atomic E-state index is 13.1. The first-order valence-corrected chi connectivity index (χ1v) is 10.8. The van der Waals surface area contributed by atoms with E-state index in [4.69, 9.17) is 20.6 Å².